The van der Waals surface area contributed by atoms with Crippen LogP contribution in [0.25, 0.3) is 0 Å². The average Bonchev–Trinajstić information content (AvgIpc) is 3.20. The molecule has 1 aromatic heterocycles. The number of hydrogen-bond acceptors (Lipinski definition) is 4. The van der Waals surface area contributed by atoms with Gasteiger partial charge in [-0.1, -0.05) is 12.1 Å². The molecule has 3 amide bonds. The fourth-order valence-corrected chi connectivity index (χ4v) is 3.31. The molecule has 2 N–H and O–H groups in total. The van der Waals surface area contributed by atoms with Gasteiger partial charge < -0.3 is 15.5 Å². The number of urea groups is 1. The number of rotatable bonds is 5. The molecule has 7 heteroatoms. The second-order valence-electron chi connectivity index (χ2n) is 5.73. The number of hydrogen-bond donors (Lipinski definition) is 2. The van der Waals surface area contributed by atoms with Gasteiger partial charge in [0.15, 0.2) is 0 Å². The monoisotopic (exact) mass is 344 g/mol. The minimum atomic E-state index is -0.221. The number of carbonyl (C=O) groups excluding carboxylic acids is 2. The highest BCUT2D eigenvalue weighted by atomic mass is 32.1. The Morgan fingerprint density at radius 3 is 2.62 bits per heavy atom. The number of amides is 3. The summed E-state index contributed by atoms with van der Waals surface area (Å²) in [5, 5.41) is 8.46. The van der Waals surface area contributed by atoms with E-state index in [9.17, 15) is 9.59 Å². The van der Waals surface area contributed by atoms with Gasteiger partial charge in [-0.2, -0.15) is 0 Å². The van der Waals surface area contributed by atoms with E-state index in [2.05, 4.69) is 15.6 Å². The maximum absolute atomic E-state index is 11.8. The van der Waals surface area contributed by atoms with Gasteiger partial charge in [0.05, 0.1) is 6.54 Å². The number of benzene rings is 1. The molecule has 0 bridgehead atoms. The summed E-state index contributed by atoms with van der Waals surface area (Å²) in [4.78, 5) is 29.6. The third-order valence-corrected chi connectivity index (χ3v) is 4.81. The highest BCUT2D eigenvalue weighted by Crippen LogP contribution is 2.21. The van der Waals surface area contributed by atoms with Gasteiger partial charge in [-0.3, -0.25) is 4.79 Å². The van der Waals surface area contributed by atoms with Crippen molar-refractivity contribution in [3.8, 4) is 0 Å². The molecule has 2 heterocycles. The molecule has 0 spiro atoms. The van der Waals surface area contributed by atoms with Crippen molar-refractivity contribution in [2.45, 2.75) is 32.9 Å². The number of nitrogens with one attached hydrogen (secondary N) is 2. The summed E-state index contributed by atoms with van der Waals surface area (Å²) < 4.78 is 0. The molecule has 126 valence electrons. The molecule has 1 aliphatic heterocycles. The molecule has 0 radical (unpaired) electrons. The first kappa shape index (κ1) is 16.4. The van der Waals surface area contributed by atoms with Gasteiger partial charge in [0.2, 0.25) is 5.91 Å². The zero-order chi connectivity index (χ0) is 16.9. The predicted octanol–water partition coefficient (Wildman–Crippen LogP) is 2.58. The summed E-state index contributed by atoms with van der Waals surface area (Å²) >= 11 is 1.53. The Labute approximate surface area is 144 Å². The van der Waals surface area contributed by atoms with Crippen LogP contribution in [0.2, 0.25) is 0 Å². The zero-order valence-electron chi connectivity index (χ0n) is 13.5. The maximum Gasteiger partial charge on any atom is 0.315 e. The first-order chi connectivity index (χ1) is 11.6. The number of nitrogens with zero attached hydrogens (tertiary/aromatic N) is 2. The maximum atomic E-state index is 11.8. The summed E-state index contributed by atoms with van der Waals surface area (Å²) in [6.45, 7) is 3.59. The van der Waals surface area contributed by atoms with Gasteiger partial charge in [-0.25, -0.2) is 9.78 Å². The van der Waals surface area contributed by atoms with Gasteiger partial charge in [0.1, 0.15) is 5.01 Å². The number of anilines is 1. The number of thiazole rings is 1. The van der Waals surface area contributed by atoms with E-state index in [4.69, 9.17) is 0 Å². The summed E-state index contributed by atoms with van der Waals surface area (Å²) in [5.74, 6) is 0.178. The van der Waals surface area contributed by atoms with E-state index in [0.29, 0.717) is 19.5 Å². The fraction of sp³-hybridized carbons (Fsp3) is 0.353. The molecule has 0 aliphatic carbocycles. The largest absolute Gasteiger partial charge is 0.334 e. The van der Waals surface area contributed by atoms with Crippen LogP contribution in [-0.2, 0) is 17.9 Å². The average molecular weight is 344 g/mol. The van der Waals surface area contributed by atoms with E-state index in [-0.39, 0.29) is 11.9 Å². The third kappa shape index (κ3) is 4.11. The van der Waals surface area contributed by atoms with Crippen LogP contribution < -0.4 is 15.5 Å². The third-order valence-electron chi connectivity index (χ3n) is 3.84. The van der Waals surface area contributed by atoms with Crippen molar-refractivity contribution >= 4 is 29.0 Å². The Hall–Kier alpha value is -2.41. The SMILES string of the molecule is Cc1csc(CNC(=O)NCc2ccc(N3CCCC3=O)cc2)n1. The Balaban J connectivity index is 1.46. The Morgan fingerprint density at radius 2 is 2.00 bits per heavy atom. The molecule has 3 rings (SSSR count). The second kappa shape index (κ2) is 7.44. The fourth-order valence-electron chi connectivity index (χ4n) is 2.60. The van der Waals surface area contributed by atoms with Crippen molar-refractivity contribution < 1.29 is 9.59 Å². The Bertz CT molecular complexity index is 726. The normalized spacial score (nSPS) is 14.0. The lowest BCUT2D eigenvalue weighted by atomic mass is 10.2. The van der Waals surface area contributed by atoms with Crippen LogP contribution >= 0.6 is 11.3 Å². The van der Waals surface area contributed by atoms with Crippen molar-refractivity contribution in [1.29, 1.82) is 0 Å². The van der Waals surface area contributed by atoms with Gasteiger partial charge in [0.25, 0.3) is 0 Å². The summed E-state index contributed by atoms with van der Waals surface area (Å²) in [6, 6.07) is 7.51. The van der Waals surface area contributed by atoms with Crippen molar-refractivity contribution in [1.82, 2.24) is 15.6 Å². The summed E-state index contributed by atoms with van der Waals surface area (Å²) in [6.07, 6.45) is 1.54. The molecule has 1 aromatic carbocycles. The van der Waals surface area contributed by atoms with E-state index in [1.165, 1.54) is 11.3 Å². The van der Waals surface area contributed by atoms with Crippen LogP contribution in [0.1, 0.15) is 29.1 Å². The van der Waals surface area contributed by atoms with Gasteiger partial charge >= 0.3 is 6.03 Å². The van der Waals surface area contributed by atoms with Crippen molar-refractivity contribution in [3.63, 3.8) is 0 Å². The Morgan fingerprint density at radius 1 is 1.25 bits per heavy atom. The van der Waals surface area contributed by atoms with E-state index in [1.54, 1.807) is 4.90 Å². The van der Waals surface area contributed by atoms with Crippen LogP contribution in [0, 0.1) is 6.92 Å². The molecule has 1 fully saturated rings. The molecule has 0 atom stereocenters. The van der Waals surface area contributed by atoms with E-state index >= 15 is 0 Å². The lowest BCUT2D eigenvalue weighted by molar-refractivity contribution is -0.117. The first-order valence-electron chi connectivity index (χ1n) is 7.94. The molecule has 1 aliphatic rings. The number of aromatic nitrogens is 1. The van der Waals surface area contributed by atoms with Gasteiger partial charge in [-0.15, -0.1) is 11.3 Å². The quantitative estimate of drug-likeness (QED) is 0.875. The molecule has 6 nitrogen and oxygen atoms in total. The summed E-state index contributed by atoms with van der Waals surface area (Å²) in [5.41, 5.74) is 2.88. The number of aryl methyl sites for hydroxylation is 1. The van der Waals surface area contributed by atoms with Crippen molar-refractivity contribution in [3.05, 3.63) is 45.9 Å². The molecule has 24 heavy (non-hydrogen) atoms. The van der Waals surface area contributed by atoms with Gasteiger partial charge in [0, 0.05) is 36.3 Å². The minimum absolute atomic E-state index is 0.178. The molecular formula is C17H20N4O2S. The van der Waals surface area contributed by atoms with Crippen LogP contribution in [0.3, 0.4) is 0 Å². The highest BCUT2D eigenvalue weighted by Gasteiger charge is 2.21. The predicted molar refractivity (Wildman–Crippen MR) is 94.0 cm³/mol. The number of carbonyl (C=O) groups is 2. The van der Waals surface area contributed by atoms with Gasteiger partial charge in [-0.05, 0) is 31.0 Å². The van der Waals surface area contributed by atoms with Crippen LogP contribution in [-0.4, -0.2) is 23.5 Å². The molecule has 0 saturated carbocycles. The molecule has 0 unspecified atom stereocenters. The van der Waals surface area contributed by atoms with E-state index in [1.807, 2.05) is 36.6 Å². The van der Waals surface area contributed by atoms with Crippen LogP contribution in [0.5, 0.6) is 0 Å². The first-order valence-corrected chi connectivity index (χ1v) is 8.82. The minimum Gasteiger partial charge on any atom is -0.334 e. The standard InChI is InChI=1S/C17H20N4O2S/c1-12-11-24-15(20-12)10-19-17(23)18-9-13-4-6-14(7-5-13)21-8-2-3-16(21)22/h4-7,11H,2-3,8-10H2,1H3,(H2,18,19,23). The summed E-state index contributed by atoms with van der Waals surface area (Å²) in [7, 11) is 0. The second-order valence-corrected chi connectivity index (χ2v) is 6.68. The molecule has 1 saturated heterocycles. The smallest absolute Gasteiger partial charge is 0.315 e. The van der Waals surface area contributed by atoms with Crippen LogP contribution in [0.4, 0.5) is 10.5 Å². The highest BCUT2D eigenvalue weighted by molar-refractivity contribution is 7.09. The van der Waals surface area contributed by atoms with Crippen molar-refractivity contribution in [2.75, 3.05) is 11.4 Å². The van der Waals surface area contributed by atoms with E-state index < -0.39 is 0 Å². The molecular weight excluding hydrogens is 324 g/mol. The van der Waals surface area contributed by atoms with Crippen LogP contribution in [0.15, 0.2) is 29.6 Å². The van der Waals surface area contributed by atoms with Crippen molar-refractivity contribution in [2.24, 2.45) is 0 Å². The zero-order valence-corrected chi connectivity index (χ0v) is 14.4. The van der Waals surface area contributed by atoms with E-state index in [0.717, 1.165) is 34.9 Å². The molecule has 2 aromatic rings. The lowest BCUT2D eigenvalue weighted by Gasteiger charge is -2.16. The Kier molecular flexibility index (Phi) is 5.10. The lowest BCUT2D eigenvalue weighted by Crippen LogP contribution is -2.34. The topological polar surface area (TPSA) is 74.3 Å².